The Morgan fingerprint density at radius 2 is 2.19 bits per heavy atom. The molecule has 0 aliphatic heterocycles. The number of oxime groups is 1. The molecule has 16 heavy (non-hydrogen) atoms. The molecular formula is C10H12BrFN2O2. The molecule has 0 heterocycles. The van der Waals surface area contributed by atoms with E-state index in [9.17, 15) is 9.18 Å². The molecule has 0 saturated carbocycles. The van der Waals surface area contributed by atoms with Crippen LogP contribution in [0.5, 0.6) is 0 Å². The summed E-state index contributed by atoms with van der Waals surface area (Å²) in [5, 5.41) is 12.8. The molecule has 1 aromatic carbocycles. The third kappa shape index (κ3) is 4.39. The Labute approximate surface area is 101 Å². The second kappa shape index (κ2) is 7.81. The molecule has 1 aromatic rings. The molecule has 88 valence electrons. The zero-order chi connectivity index (χ0) is 12.6. The highest BCUT2D eigenvalue weighted by atomic mass is 79.9. The molecule has 6 heteroatoms. The maximum atomic E-state index is 13.2. The van der Waals surface area contributed by atoms with Crippen LogP contribution in [0.1, 0.15) is 13.8 Å². The Hall–Kier alpha value is -1.43. The van der Waals surface area contributed by atoms with Gasteiger partial charge in [-0.3, -0.25) is 4.79 Å². The van der Waals surface area contributed by atoms with Gasteiger partial charge >= 0.3 is 0 Å². The van der Waals surface area contributed by atoms with Crippen molar-refractivity contribution in [2.75, 3.05) is 5.32 Å². The lowest BCUT2D eigenvalue weighted by atomic mass is 10.3. The van der Waals surface area contributed by atoms with Crippen LogP contribution in [0.4, 0.5) is 10.1 Å². The summed E-state index contributed by atoms with van der Waals surface area (Å²) in [6.45, 7) is 4.00. The van der Waals surface area contributed by atoms with Gasteiger partial charge in [0, 0.05) is 0 Å². The van der Waals surface area contributed by atoms with E-state index < -0.39 is 11.7 Å². The van der Waals surface area contributed by atoms with Gasteiger partial charge in [0.2, 0.25) is 0 Å². The first-order valence-corrected chi connectivity index (χ1v) is 5.37. The number of amides is 1. The highest BCUT2D eigenvalue weighted by Gasteiger charge is 2.07. The van der Waals surface area contributed by atoms with Crippen molar-refractivity contribution < 1.29 is 14.4 Å². The topological polar surface area (TPSA) is 61.7 Å². The molecule has 4 nitrogen and oxygen atoms in total. The van der Waals surface area contributed by atoms with E-state index in [1.165, 1.54) is 12.1 Å². The molecule has 0 fully saturated rings. The zero-order valence-corrected chi connectivity index (χ0v) is 10.5. The van der Waals surface area contributed by atoms with Gasteiger partial charge in [-0.05, 0) is 28.1 Å². The van der Waals surface area contributed by atoms with Gasteiger partial charge in [0.25, 0.3) is 5.91 Å². The highest BCUT2D eigenvalue weighted by Crippen LogP contribution is 2.22. The van der Waals surface area contributed by atoms with Crippen LogP contribution in [0.3, 0.4) is 0 Å². The van der Waals surface area contributed by atoms with Gasteiger partial charge < -0.3 is 10.5 Å². The quantitative estimate of drug-likeness (QED) is 0.500. The summed E-state index contributed by atoms with van der Waals surface area (Å²) in [6.07, 6.45) is 0.639. The van der Waals surface area contributed by atoms with Gasteiger partial charge in [-0.1, -0.05) is 25.1 Å². The standard InChI is InChI=1S/C8H6BrFN2O2.C2H6/c9-5-2-1-3-6(8(5)10)12-7(13)4-11-14;1-2/h1-4,14H,(H,12,13);1-2H3/b11-4+;. The maximum absolute atomic E-state index is 13.2. The van der Waals surface area contributed by atoms with Crippen LogP contribution in [0.15, 0.2) is 27.8 Å². The molecular weight excluding hydrogens is 279 g/mol. The van der Waals surface area contributed by atoms with Crippen LogP contribution in [0, 0.1) is 5.82 Å². The van der Waals surface area contributed by atoms with Gasteiger partial charge in [0.05, 0.1) is 10.2 Å². The van der Waals surface area contributed by atoms with Crippen molar-refractivity contribution in [1.82, 2.24) is 0 Å². The predicted octanol–water partition coefficient (Wildman–Crippen LogP) is 3.01. The highest BCUT2D eigenvalue weighted by molar-refractivity contribution is 9.10. The Balaban J connectivity index is 0.00000106. The van der Waals surface area contributed by atoms with Gasteiger partial charge in [-0.2, -0.15) is 0 Å². The summed E-state index contributed by atoms with van der Waals surface area (Å²) < 4.78 is 13.5. The number of carbonyl (C=O) groups is 1. The lowest BCUT2D eigenvalue weighted by Crippen LogP contribution is -2.13. The molecule has 0 aromatic heterocycles. The van der Waals surface area contributed by atoms with Gasteiger partial charge in [0.1, 0.15) is 6.21 Å². The van der Waals surface area contributed by atoms with E-state index in [2.05, 4.69) is 26.4 Å². The van der Waals surface area contributed by atoms with Crippen LogP contribution in [-0.2, 0) is 4.79 Å². The molecule has 0 bridgehead atoms. The maximum Gasteiger partial charge on any atom is 0.270 e. The average Bonchev–Trinajstić information content (AvgIpc) is 2.28. The number of carbonyl (C=O) groups excluding carboxylic acids is 1. The minimum absolute atomic E-state index is 0.0178. The Kier molecular flexibility index (Phi) is 7.11. The van der Waals surface area contributed by atoms with Gasteiger partial charge in [-0.15, -0.1) is 0 Å². The summed E-state index contributed by atoms with van der Waals surface area (Å²) in [4.78, 5) is 10.9. The molecule has 0 spiro atoms. The lowest BCUT2D eigenvalue weighted by molar-refractivity contribution is -0.110. The number of anilines is 1. The first-order valence-electron chi connectivity index (χ1n) is 4.57. The fourth-order valence-electron chi connectivity index (χ4n) is 0.818. The van der Waals surface area contributed by atoms with E-state index in [-0.39, 0.29) is 10.2 Å². The first kappa shape index (κ1) is 14.6. The number of halogens is 2. The lowest BCUT2D eigenvalue weighted by Gasteiger charge is -2.03. The third-order valence-corrected chi connectivity index (χ3v) is 2.00. The summed E-state index contributed by atoms with van der Waals surface area (Å²) in [5.74, 6) is -1.28. The van der Waals surface area contributed by atoms with E-state index in [1.54, 1.807) is 6.07 Å². The molecule has 0 aliphatic rings. The average molecular weight is 291 g/mol. The van der Waals surface area contributed by atoms with Gasteiger partial charge in [0.15, 0.2) is 5.82 Å². The van der Waals surface area contributed by atoms with Crippen LogP contribution < -0.4 is 5.32 Å². The Morgan fingerprint density at radius 3 is 2.75 bits per heavy atom. The summed E-state index contributed by atoms with van der Waals surface area (Å²) in [6, 6.07) is 4.47. The molecule has 0 saturated heterocycles. The molecule has 0 aliphatic carbocycles. The van der Waals surface area contributed by atoms with Crippen LogP contribution >= 0.6 is 15.9 Å². The number of nitrogens with one attached hydrogen (secondary N) is 1. The van der Waals surface area contributed by atoms with E-state index in [4.69, 9.17) is 5.21 Å². The fourth-order valence-corrected chi connectivity index (χ4v) is 1.18. The number of rotatable bonds is 2. The van der Waals surface area contributed by atoms with Crippen molar-refractivity contribution in [3.63, 3.8) is 0 Å². The van der Waals surface area contributed by atoms with Crippen molar-refractivity contribution in [2.45, 2.75) is 13.8 Å². The molecule has 0 atom stereocenters. The molecule has 1 rings (SSSR count). The van der Waals surface area contributed by atoms with Crippen LogP contribution in [-0.4, -0.2) is 17.3 Å². The largest absolute Gasteiger partial charge is 0.411 e. The van der Waals surface area contributed by atoms with Crippen LogP contribution in [0.25, 0.3) is 0 Å². The van der Waals surface area contributed by atoms with Crippen molar-refractivity contribution in [1.29, 1.82) is 0 Å². The van der Waals surface area contributed by atoms with E-state index in [0.717, 1.165) is 0 Å². The normalized spacial score (nSPS) is 9.50. The van der Waals surface area contributed by atoms with Crippen molar-refractivity contribution in [2.24, 2.45) is 5.16 Å². The minimum Gasteiger partial charge on any atom is -0.411 e. The second-order valence-electron chi connectivity index (χ2n) is 2.34. The van der Waals surface area contributed by atoms with E-state index in [0.29, 0.717) is 6.21 Å². The predicted molar refractivity (Wildman–Crippen MR) is 64.4 cm³/mol. The van der Waals surface area contributed by atoms with Crippen molar-refractivity contribution in [3.8, 4) is 0 Å². The van der Waals surface area contributed by atoms with Crippen molar-refractivity contribution in [3.05, 3.63) is 28.5 Å². The van der Waals surface area contributed by atoms with Gasteiger partial charge in [-0.25, -0.2) is 4.39 Å². The number of benzene rings is 1. The Morgan fingerprint density at radius 1 is 1.56 bits per heavy atom. The van der Waals surface area contributed by atoms with Crippen LogP contribution in [0.2, 0.25) is 0 Å². The molecule has 0 unspecified atom stereocenters. The third-order valence-electron chi connectivity index (χ3n) is 1.38. The van der Waals surface area contributed by atoms with E-state index in [1.807, 2.05) is 13.8 Å². The number of hydrogen-bond donors (Lipinski definition) is 2. The smallest absolute Gasteiger partial charge is 0.270 e. The monoisotopic (exact) mass is 290 g/mol. The first-order chi connectivity index (χ1) is 7.65. The molecule has 2 N–H and O–H groups in total. The zero-order valence-electron chi connectivity index (χ0n) is 8.87. The number of hydrogen-bond acceptors (Lipinski definition) is 3. The van der Waals surface area contributed by atoms with Crippen molar-refractivity contribution >= 4 is 33.7 Å². The molecule has 1 amide bonds. The fraction of sp³-hybridized carbons (Fsp3) is 0.200. The summed E-state index contributed by atoms with van der Waals surface area (Å²) in [5.41, 5.74) is 0.0178. The second-order valence-corrected chi connectivity index (χ2v) is 3.19. The SMILES string of the molecule is CC.O=C(/C=N/O)Nc1cccc(Br)c1F. The molecule has 0 radical (unpaired) electrons. The Bertz CT molecular complexity index is 383. The minimum atomic E-state index is -0.704. The number of nitrogens with zero attached hydrogens (tertiary/aromatic N) is 1. The summed E-state index contributed by atoms with van der Waals surface area (Å²) >= 11 is 2.97. The summed E-state index contributed by atoms with van der Waals surface area (Å²) in [7, 11) is 0. The van der Waals surface area contributed by atoms with E-state index >= 15 is 0 Å².